The summed E-state index contributed by atoms with van der Waals surface area (Å²) in [7, 11) is 0. The number of halogens is 9. The molecular weight excluding hydrogens is 301 g/mol. The Morgan fingerprint density at radius 1 is 0.895 bits per heavy atom. The van der Waals surface area contributed by atoms with Crippen molar-refractivity contribution in [1.29, 1.82) is 0 Å². The summed E-state index contributed by atoms with van der Waals surface area (Å²) in [6.45, 7) is -0.919. The van der Waals surface area contributed by atoms with E-state index in [1.165, 1.54) is 0 Å². The maximum atomic E-state index is 13.0. The summed E-state index contributed by atoms with van der Waals surface area (Å²) in [5.41, 5.74) is 0. The zero-order valence-corrected chi connectivity index (χ0v) is 8.58. The van der Waals surface area contributed by atoms with Gasteiger partial charge in [-0.3, -0.25) is 4.74 Å². The lowest BCUT2D eigenvalue weighted by Crippen LogP contribution is -2.59. The smallest absolute Gasteiger partial charge is 0.458 e. The molecule has 12 heteroatoms. The molecule has 0 saturated carbocycles. The number of hydrogen-bond acceptors (Lipinski definition) is 3. The van der Waals surface area contributed by atoms with Crippen LogP contribution in [0.1, 0.15) is 0 Å². The zero-order valence-electron chi connectivity index (χ0n) is 8.58. The van der Waals surface area contributed by atoms with E-state index in [1.807, 2.05) is 0 Å². The Bertz CT molecular complexity index is 358. The van der Waals surface area contributed by atoms with Gasteiger partial charge in [-0.15, -0.1) is 0 Å². The second-order valence-electron chi connectivity index (χ2n) is 3.24. The normalized spacial score (nSPS) is 18.3. The highest BCUT2D eigenvalue weighted by Crippen LogP contribution is 2.49. The molecule has 0 saturated heterocycles. The molecule has 112 valence electrons. The SMILES string of the molecule is FC(F)(OC(F)(C(F)(F)F)C(F)(F)F)C1=NCCO1. The molecule has 1 aliphatic heterocycles. The van der Waals surface area contributed by atoms with Gasteiger partial charge in [0.05, 0.1) is 6.54 Å². The molecule has 19 heavy (non-hydrogen) atoms. The summed E-state index contributed by atoms with van der Waals surface area (Å²) in [4.78, 5) is 2.77. The van der Waals surface area contributed by atoms with Crippen molar-refractivity contribution in [2.24, 2.45) is 4.99 Å². The minimum Gasteiger partial charge on any atom is -0.473 e. The Morgan fingerprint density at radius 3 is 1.68 bits per heavy atom. The fourth-order valence-electron chi connectivity index (χ4n) is 1.01. The van der Waals surface area contributed by atoms with Crippen LogP contribution in [-0.2, 0) is 9.47 Å². The fourth-order valence-corrected chi connectivity index (χ4v) is 1.01. The molecule has 3 nitrogen and oxygen atoms in total. The van der Waals surface area contributed by atoms with E-state index in [9.17, 15) is 39.5 Å². The summed E-state index contributed by atoms with van der Waals surface area (Å²) in [6, 6.07) is 0. The van der Waals surface area contributed by atoms with E-state index >= 15 is 0 Å². The first kappa shape index (κ1) is 15.9. The molecule has 0 aromatic rings. The first-order valence-corrected chi connectivity index (χ1v) is 4.39. The van der Waals surface area contributed by atoms with E-state index in [-0.39, 0.29) is 0 Å². The van der Waals surface area contributed by atoms with Gasteiger partial charge in [-0.2, -0.15) is 39.5 Å². The predicted molar refractivity (Wildman–Crippen MR) is 40.2 cm³/mol. The van der Waals surface area contributed by atoms with E-state index in [0.717, 1.165) is 0 Å². The molecular formula is C7H4F9NO2. The first-order valence-electron chi connectivity index (χ1n) is 4.39. The summed E-state index contributed by atoms with van der Waals surface area (Å²) in [5, 5.41) is 0. The number of nitrogens with zero attached hydrogens (tertiary/aromatic N) is 1. The molecule has 0 N–H and O–H groups in total. The Kier molecular flexibility index (Phi) is 3.69. The fraction of sp³-hybridized carbons (Fsp3) is 0.857. The summed E-state index contributed by atoms with van der Waals surface area (Å²) in [5.74, 6) is -8.39. The van der Waals surface area contributed by atoms with Crippen LogP contribution in [-0.4, -0.2) is 43.4 Å². The van der Waals surface area contributed by atoms with Crippen LogP contribution < -0.4 is 0 Å². The number of alkyl halides is 9. The third-order valence-corrected chi connectivity index (χ3v) is 1.83. The third kappa shape index (κ3) is 2.87. The Balaban J connectivity index is 3.09. The molecule has 0 spiro atoms. The van der Waals surface area contributed by atoms with E-state index in [1.54, 1.807) is 0 Å². The van der Waals surface area contributed by atoms with Gasteiger partial charge in [0.15, 0.2) is 0 Å². The van der Waals surface area contributed by atoms with Gasteiger partial charge in [-0.25, -0.2) is 4.99 Å². The lowest BCUT2D eigenvalue weighted by molar-refractivity contribution is -0.469. The topological polar surface area (TPSA) is 30.8 Å². The Labute approximate surface area is 98.5 Å². The van der Waals surface area contributed by atoms with Gasteiger partial charge < -0.3 is 4.74 Å². The van der Waals surface area contributed by atoms with Crippen molar-refractivity contribution in [3.63, 3.8) is 0 Å². The van der Waals surface area contributed by atoms with Crippen LogP contribution in [0.3, 0.4) is 0 Å². The minimum atomic E-state index is -6.76. The van der Waals surface area contributed by atoms with Crippen LogP contribution in [0.15, 0.2) is 4.99 Å². The van der Waals surface area contributed by atoms with Crippen LogP contribution >= 0.6 is 0 Å². The average molecular weight is 305 g/mol. The molecule has 0 amide bonds. The maximum Gasteiger partial charge on any atom is 0.458 e. The van der Waals surface area contributed by atoms with Gasteiger partial charge in [-0.05, 0) is 0 Å². The van der Waals surface area contributed by atoms with Crippen LogP contribution in [0, 0.1) is 0 Å². The van der Waals surface area contributed by atoms with Crippen LogP contribution in [0.5, 0.6) is 0 Å². The van der Waals surface area contributed by atoms with E-state index < -0.39 is 43.4 Å². The summed E-state index contributed by atoms with van der Waals surface area (Å²) < 4.78 is 117. The van der Waals surface area contributed by atoms with Gasteiger partial charge in [0, 0.05) is 0 Å². The first-order chi connectivity index (χ1) is 8.31. The average Bonchev–Trinajstić information content (AvgIpc) is 2.65. The lowest BCUT2D eigenvalue weighted by atomic mass is 10.3. The van der Waals surface area contributed by atoms with Gasteiger partial charge in [0.2, 0.25) is 0 Å². The second-order valence-corrected chi connectivity index (χ2v) is 3.24. The zero-order chi connectivity index (χ0) is 15.1. The van der Waals surface area contributed by atoms with Crippen molar-refractivity contribution >= 4 is 5.90 Å². The van der Waals surface area contributed by atoms with Crippen molar-refractivity contribution in [2.75, 3.05) is 13.2 Å². The van der Waals surface area contributed by atoms with E-state index in [2.05, 4.69) is 14.5 Å². The predicted octanol–water partition coefficient (Wildman–Crippen LogP) is 2.81. The standard InChI is InChI=1S/C7H4F9NO2/c8-4(9,3-17-1-2-18-3)19-5(10,6(11,12)13)7(14,15)16/h1-2H2. The molecule has 1 aliphatic rings. The minimum absolute atomic E-state index is 0.425. The van der Waals surface area contributed by atoms with Crippen LogP contribution in [0.2, 0.25) is 0 Å². The highest BCUT2D eigenvalue weighted by molar-refractivity contribution is 5.83. The monoisotopic (exact) mass is 305 g/mol. The van der Waals surface area contributed by atoms with Crippen molar-refractivity contribution in [3.8, 4) is 0 Å². The molecule has 0 aromatic carbocycles. The molecule has 0 atom stereocenters. The largest absolute Gasteiger partial charge is 0.473 e. The van der Waals surface area contributed by atoms with Crippen molar-refractivity contribution in [3.05, 3.63) is 0 Å². The molecule has 0 unspecified atom stereocenters. The molecule has 0 fully saturated rings. The molecule has 0 aliphatic carbocycles. The van der Waals surface area contributed by atoms with Gasteiger partial charge >= 0.3 is 24.3 Å². The Morgan fingerprint density at radius 2 is 1.37 bits per heavy atom. The number of hydrogen-bond donors (Lipinski definition) is 0. The quantitative estimate of drug-likeness (QED) is 0.751. The van der Waals surface area contributed by atoms with Gasteiger partial charge in [-0.1, -0.05) is 0 Å². The molecule has 0 aromatic heterocycles. The number of rotatable bonds is 3. The van der Waals surface area contributed by atoms with E-state index in [0.29, 0.717) is 0 Å². The van der Waals surface area contributed by atoms with Gasteiger partial charge in [0.1, 0.15) is 6.61 Å². The summed E-state index contributed by atoms with van der Waals surface area (Å²) in [6.07, 6.45) is -18.8. The second kappa shape index (κ2) is 4.42. The molecule has 0 radical (unpaired) electrons. The third-order valence-electron chi connectivity index (χ3n) is 1.83. The van der Waals surface area contributed by atoms with Crippen molar-refractivity contribution < 1.29 is 49.0 Å². The van der Waals surface area contributed by atoms with E-state index in [4.69, 9.17) is 0 Å². The maximum absolute atomic E-state index is 13.0. The van der Waals surface area contributed by atoms with Crippen molar-refractivity contribution in [2.45, 2.75) is 24.3 Å². The van der Waals surface area contributed by atoms with Crippen LogP contribution in [0.4, 0.5) is 39.5 Å². The molecule has 0 bridgehead atoms. The molecule has 1 heterocycles. The number of aliphatic imine (C=N–C) groups is 1. The highest BCUT2D eigenvalue weighted by atomic mass is 19.4. The number of ether oxygens (including phenoxy) is 2. The highest BCUT2D eigenvalue weighted by Gasteiger charge is 2.78. The summed E-state index contributed by atoms with van der Waals surface area (Å²) >= 11 is 0. The van der Waals surface area contributed by atoms with Gasteiger partial charge in [0.25, 0.3) is 5.90 Å². The Hall–Kier alpha value is -1.20. The lowest BCUT2D eigenvalue weighted by Gasteiger charge is -2.32. The van der Waals surface area contributed by atoms with Crippen LogP contribution in [0.25, 0.3) is 0 Å². The molecule has 1 rings (SSSR count). The van der Waals surface area contributed by atoms with Crippen molar-refractivity contribution in [1.82, 2.24) is 0 Å².